The van der Waals surface area contributed by atoms with Crippen molar-refractivity contribution in [2.75, 3.05) is 20.8 Å². The number of methoxy groups -OCH3 is 1. The van der Waals surface area contributed by atoms with Gasteiger partial charge < -0.3 is 14.4 Å². The second-order valence-electron chi connectivity index (χ2n) is 9.68. The molecule has 0 saturated carbocycles. The van der Waals surface area contributed by atoms with Crippen LogP contribution in [-0.4, -0.2) is 37.5 Å². The van der Waals surface area contributed by atoms with Crippen LogP contribution in [0.4, 0.5) is 0 Å². The first-order valence-electron chi connectivity index (χ1n) is 13.0. The van der Waals surface area contributed by atoms with E-state index in [1.807, 2.05) is 24.1 Å². The Hall–Kier alpha value is -2.34. The SMILES string of the molecule is CCCCCCCCC(=O)N(C)Cc1cc(-c2ccc(CCC(=O)OC)cc2OCC(C)C)cs1. The lowest BCUT2D eigenvalue weighted by Gasteiger charge is -2.16. The molecule has 2 aromatic rings. The highest BCUT2D eigenvalue weighted by Gasteiger charge is 2.14. The van der Waals surface area contributed by atoms with Gasteiger partial charge in [0.05, 0.1) is 20.3 Å². The molecule has 194 valence electrons. The third-order valence-corrected chi connectivity index (χ3v) is 6.91. The van der Waals surface area contributed by atoms with Crippen molar-refractivity contribution in [2.24, 2.45) is 5.92 Å². The molecule has 0 saturated heterocycles. The molecule has 0 fully saturated rings. The number of hydrogen-bond donors (Lipinski definition) is 0. The van der Waals surface area contributed by atoms with E-state index in [4.69, 9.17) is 9.47 Å². The van der Waals surface area contributed by atoms with E-state index in [2.05, 4.69) is 38.3 Å². The predicted molar refractivity (Wildman–Crippen MR) is 145 cm³/mol. The molecule has 35 heavy (non-hydrogen) atoms. The molecule has 1 aromatic carbocycles. The van der Waals surface area contributed by atoms with Gasteiger partial charge in [-0.05, 0) is 47.4 Å². The summed E-state index contributed by atoms with van der Waals surface area (Å²) in [5.74, 6) is 1.24. The number of nitrogens with zero attached hydrogens (tertiary/aromatic N) is 1. The zero-order valence-corrected chi connectivity index (χ0v) is 23.0. The first-order valence-corrected chi connectivity index (χ1v) is 13.9. The summed E-state index contributed by atoms with van der Waals surface area (Å²) in [6.07, 6.45) is 8.73. The maximum atomic E-state index is 12.6. The van der Waals surface area contributed by atoms with Crippen LogP contribution >= 0.6 is 11.3 Å². The summed E-state index contributed by atoms with van der Waals surface area (Å²) in [7, 11) is 3.31. The fourth-order valence-electron chi connectivity index (χ4n) is 3.86. The summed E-state index contributed by atoms with van der Waals surface area (Å²) in [6, 6.07) is 8.31. The summed E-state index contributed by atoms with van der Waals surface area (Å²) in [5.41, 5.74) is 3.18. The van der Waals surface area contributed by atoms with Gasteiger partial charge in [0.2, 0.25) is 5.91 Å². The van der Waals surface area contributed by atoms with Crippen LogP contribution < -0.4 is 4.74 Å². The van der Waals surface area contributed by atoms with Crippen LogP contribution in [0, 0.1) is 5.92 Å². The third kappa shape index (κ3) is 10.4. The molecule has 0 unspecified atom stereocenters. The molecular formula is C29H43NO4S. The molecule has 0 spiro atoms. The van der Waals surface area contributed by atoms with Gasteiger partial charge >= 0.3 is 5.97 Å². The number of ether oxygens (including phenoxy) is 2. The van der Waals surface area contributed by atoms with Crippen LogP contribution in [-0.2, 0) is 27.3 Å². The number of unbranched alkanes of at least 4 members (excludes halogenated alkanes) is 5. The Labute approximate surface area is 215 Å². The van der Waals surface area contributed by atoms with Crippen molar-refractivity contribution >= 4 is 23.2 Å². The first kappa shape index (κ1) is 28.9. The molecule has 5 nitrogen and oxygen atoms in total. The van der Waals surface area contributed by atoms with Gasteiger partial charge in [-0.25, -0.2) is 0 Å². The molecule has 0 atom stereocenters. The Morgan fingerprint density at radius 2 is 1.77 bits per heavy atom. The lowest BCUT2D eigenvalue weighted by atomic mass is 10.0. The second kappa shape index (κ2) is 15.6. The number of rotatable bonds is 16. The van der Waals surface area contributed by atoms with Crippen LogP contribution in [0.3, 0.4) is 0 Å². The van der Waals surface area contributed by atoms with Crippen molar-refractivity contribution in [1.29, 1.82) is 0 Å². The van der Waals surface area contributed by atoms with E-state index < -0.39 is 0 Å². The van der Waals surface area contributed by atoms with Crippen LogP contribution in [0.25, 0.3) is 11.1 Å². The Morgan fingerprint density at radius 3 is 2.49 bits per heavy atom. The number of thiophene rings is 1. The highest BCUT2D eigenvalue weighted by Crippen LogP contribution is 2.35. The Bertz CT molecular complexity index is 921. The molecule has 0 radical (unpaired) electrons. The van der Waals surface area contributed by atoms with Crippen molar-refractivity contribution in [3.63, 3.8) is 0 Å². The standard InChI is InChI=1S/C29H43NO4S/c1-6-7-8-9-10-11-12-28(31)30(4)19-25-18-24(21-35-25)26-15-13-23(14-16-29(32)33-5)17-27(26)34-20-22(2)3/h13,15,17-18,21-22H,6-12,14,16,19-20H2,1-5H3. The molecule has 0 N–H and O–H groups in total. The van der Waals surface area contributed by atoms with Crippen molar-refractivity contribution in [2.45, 2.75) is 85.1 Å². The van der Waals surface area contributed by atoms with E-state index in [1.54, 1.807) is 11.3 Å². The van der Waals surface area contributed by atoms with E-state index in [0.717, 1.165) is 40.2 Å². The number of benzene rings is 1. The molecule has 1 aromatic heterocycles. The zero-order valence-electron chi connectivity index (χ0n) is 22.2. The Kier molecular flexibility index (Phi) is 12.9. The fourth-order valence-corrected chi connectivity index (χ4v) is 4.80. The normalized spacial score (nSPS) is 11.0. The topological polar surface area (TPSA) is 55.8 Å². The largest absolute Gasteiger partial charge is 0.493 e. The minimum atomic E-state index is -0.212. The second-order valence-corrected chi connectivity index (χ2v) is 10.7. The monoisotopic (exact) mass is 501 g/mol. The summed E-state index contributed by atoms with van der Waals surface area (Å²) in [4.78, 5) is 27.1. The van der Waals surface area contributed by atoms with Gasteiger partial charge in [0.25, 0.3) is 0 Å². The van der Waals surface area contributed by atoms with Gasteiger partial charge in [0.15, 0.2) is 0 Å². The molecule has 6 heteroatoms. The summed E-state index contributed by atoms with van der Waals surface area (Å²) < 4.78 is 10.9. The van der Waals surface area contributed by atoms with E-state index >= 15 is 0 Å². The number of carbonyl (C=O) groups excluding carboxylic acids is 2. The van der Waals surface area contributed by atoms with Gasteiger partial charge in [0.1, 0.15) is 5.75 Å². The van der Waals surface area contributed by atoms with E-state index in [0.29, 0.717) is 38.3 Å². The van der Waals surface area contributed by atoms with E-state index in [1.165, 1.54) is 32.8 Å². The first-order chi connectivity index (χ1) is 16.8. The lowest BCUT2D eigenvalue weighted by molar-refractivity contribution is -0.140. The van der Waals surface area contributed by atoms with Gasteiger partial charge in [-0.2, -0.15) is 0 Å². The van der Waals surface area contributed by atoms with Gasteiger partial charge in [-0.3, -0.25) is 9.59 Å². The van der Waals surface area contributed by atoms with Crippen LogP contribution in [0.5, 0.6) is 5.75 Å². The summed E-state index contributed by atoms with van der Waals surface area (Å²) in [6.45, 7) is 7.72. The number of aryl methyl sites for hydroxylation is 1. The lowest BCUT2D eigenvalue weighted by Crippen LogP contribution is -2.25. The number of amides is 1. The number of carbonyl (C=O) groups is 2. The predicted octanol–water partition coefficient (Wildman–Crippen LogP) is 7.26. The molecule has 2 rings (SSSR count). The van der Waals surface area contributed by atoms with Crippen LogP contribution in [0.2, 0.25) is 0 Å². The number of hydrogen-bond acceptors (Lipinski definition) is 5. The van der Waals surface area contributed by atoms with Crippen LogP contribution in [0.15, 0.2) is 29.6 Å². The van der Waals surface area contributed by atoms with Crippen molar-refractivity contribution < 1.29 is 19.1 Å². The Balaban J connectivity index is 2.02. The fraction of sp³-hybridized carbons (Fsp3) is 0.586. The highest BCUT2D eigenvalue weighted by atomic mass is 32.1. The summed E-state index contributed by atoms with van der Waals surface area (Å²) in [5, 5.41) is 2.13. The minimum absolute atomic E-state index is 0.212. The number of esters is 1. The Morgan fingerprint density at radius 1 is 1.03 bits per heavy atom. The van der Waals surface area contributed by atoms with Crippen molar-refractivity contribution in [3.8, 4) is 16.9 Å². The molecule has 0 bridgehead atoms. The van der Waals surface area contributed by atoms with Gasteiger partial charge in [0, 0.05) is 30.3 Å². The minimum Gasteiger partial charge on any atom is -0.493 e. The van der Waals surface area contributed by atoms with Crippen LogP contribution in [0.1, 0.15) is 82.6 Å². The van der Waals surface area contributed by atoms with Gasteiger partial charge in [-0.15, -0.1) is 11.3 Å². The molecule has 1 heterocycles. The quantitative estimate of drug-likeness (QED) is 0.179. The van der Waals surface area contributed by atoms with Crippen molar-refractivity contribution in [3.05, 3.63) is 40.1 Å². The highest BCUT2D eigenvalue weighted by molar-refractivity contribution is 7.10. The average Bonchev–Trinajstić information content (AvgIpc) is 3.31. The zero-order chi connectivity index (χ0) is 25.6. The molecule has 0 aliphatic heterocycles. The van der Waals surface area contributed by atoms with Crippen molar-refractivity contribution in [1.82, 2.24) is 4.90 Å². The average molecular weight is 502 g/mol. The molecular weight excluding hydrogens is 458 g/mol. The summed E-state index contributed by atoms with van der Waals surface area (Å²) >= 11 is 1.67. The third-order valence-electron chi connectivity index (χ3n) is 5.99. The van der Waals surface area contributed by atoms with E-state index in [9.17, 15) is 9.59 Å². The van der Waals surface area contributed by atoms with Gasteiger partial charge in [-0.1, -0.05) is 65.0 Å². The molecule has 0 aliphatic rings. The van der Waals surface area contributed by atoms with E-state index in [-0.39, 0.29) is 11.9 Å². The maximum Gasteiger partial charge on any atom is 0.305 e. The molecule has 0 aliphatic carbocycles. The smallest absolute Gasteiger partial charge is 0.305 e. The maximum absolute atomic E-state index is 12.6. The molecule has 1 amide bonds.